The Kier molecular flexibility index (Phi) is 7.73. The standard InChI is InChI=1S/C23H31N3O2/c1-24-22(25-15-8-16-28-21-11-6-3-7-12-21)26-19-23(13-17-27-18-14-23)20-9-4-2-5-10-20/h2-7,9-12H,8,13-19H2,1H3,(H2,24,25,26). The van der Waals surface area contributed by atoms with Crippen LogP contribution in [-0.4, -0.2) is 45.9 Å². The van der Waals surface area contributed by atoms with Crippen molar-refractivity contribution in [2.45, 2.75) is 24.7 Å². The van der Waals surface area contributed by atoms with Gasteiger partial charge >= 0.3 is 0 Å². The minimum Gasteiger partial charge on any atom is -0.494 e. The van der Waals surface area contributed by atoms with Crippen molar-refractivity contribution in [3.8, 4) is 5.75 Å². The molecule has 0 amide bonds. The third-order valence-electron chi connectivity index (χ3n) is 5.28. The zero-order valence-electron chi connectivity index (χ0n) is 16.7. The molecule has 5 heteroatoms. The second-order valence-corrected chi connectivity index (χ2v) is 7.13. The van der Waals surface area contributed by atoms with E-state index >= 15 is 0 Å². The first-order valence-corrected chi connectivity index (χ1v) is 10.1. The fourth-order valence-corrected chi connectivity index (χ4v) is 3.58. The number of para-hydroxylation sites is 1. The molecule has 1 aliphatic heterocycles. The first kappa shape index (κ1) is 20.2. The zero-order valence-corrected chi connectivity index (χ0v) is 16.7. The monoisotopic (exact) mass is 381 g/mol. The summed E-state index contributed by atoms with van der Waals surface area (Å²) in [5.41, 5.74) is 1.46. The number of nitrogens with one attached hydrogen (secondary N) is 2. The summed E-state index contributed by atoms with van der Waals surface area (Å²) >= 11 is 0. The number of ether oxygens (including phenoxy) is 2. The Bertz CT molecular complexity index is 713. The van der Waals surface area contributed by atoms with Crippen LogP contribution < -0.4 is 15.4 Å². The van der Waals surface area contributed by atoms with E-state index in [0.29, 0.717) is 6.61 Å². The lowest BCUT2D eigenvalue weighted by Gasteiger charge is -2.38. The van der Waals surface area contributed by atoms with Gasteiger partial charge in [0.05, 0.1) is 6.61 Å². The number of nitrogens with zero attached hydrogens (tertiary/aromatic N) is 1. The first-order valence-electron chi connectivity index (χ1n) is 10.1. The summed E-state index contributed by atoms with van der Waals surface area (Å²) in [4.78, 5) is 4.38. The van der Waals surface area contributed by atoms with Crippen molar-refractivity contribution < 1.29 is 9.47 Å². The highest BCUT2D eigenvalue weighted by molar-refractivity contribution is 5.79. The van der Waals surface area contributed by atoms with Crippen LogP contribution in [-0.2, 0) is 10.2 Å². The second-order valence-electron chi connectivity index (χ2n) is 7.13. The topological polar surface area (TPSA) is 54.9 Å². The Morgan fingerprint density at radius 2 is 1.68 bits per heavy atom. The summed E-state index contributed by atoms with van der Waals surface area (Å²) in [7, 11) is 1.81. The number of benzene rings is 2. The lowest BCUT2D eigenvalue weighted by Crippen LogP contribution is -2.48. The van der Waals surface area contributed by atoms with E-state index in [-0.39, 0.29) is 5.41 Å². The van der Waals surface area contributed by atoms with E-state index in [4.69, 9.17) is 9.47 Å². The van der Waals surface area contributed by atoms with Crippen LogP contribution in [0.5, 0.6) is 5.75 Å². The molecule has 0 radical (unpaired) electrons. The third kappa shape index (κ3) is 5.73. The van der Waals surface area contributed by atoms with Crippen LogP contribution >= 0.6 is 0 Å². The Hall–Kier alpha value is -2.53. The van der Waals surface area contributed by atoms with Crippen molar-refractivity contribution in [2.24, 2.45) is 4.99 Å². The number of hydrogen-bond acceptors (Lipinski definition) is 3. The molecule has 28 heavy (non-hydrogen) atoms. The zero-order chi connectivity index (χ0) is 19.5. The van der Waals surface area contributed by atoms with Crippen molar-refractivity contribution in [1.82, 2.24) is 10.6 Å². The number of aliphatic imine (C=N–C) groups is 1. The molecule has 3 rings (SSSR count). The Labute approximate surface area is 168 Å². The molecule has 150 valence electrons. The lowest BCUT2D eigenvalue weighted by atomic mass is 9.74. The third-order valence-corrected chi connectivity index (χ3v) is 5.28. The van der Waals surface area contributed by atoms with Crippen molar-refractivity contribution in [2.75, 3.05) is 40.0 Å². The van der Waals surface area contributed by atoms with Crippen LogP contribution in [0.2, 0.25) is 0 Å². The molecule has 5 nitrogen and oxygen atoms in total. The van der Waals surface area contributed by atoms with Gasteiger partial charge in [-0.2, -0.15) is 0 Å². The molecule has 2 N–H and O–H groups in total. The SMILES string of the molecule is CN=C(NCCCOc1ccccc1)NCC1(c2ccccc2)CCOCC1. The minimum atomic E-state index is 0.0908. The highest BCUT2D eigenvalue weighted by Gasteiger charge is 2.34. The van der Waals surface area contributed by atoms with Gasteiger partial charge in [0.2, 0.25) is 0 Å². The van der Waals surface area contributed by atoms with Crippen LogP contribution in [0.1, 0.15) is 24.8 Å². The van der Waals surface area contributed by atoms with Gasteiger partial charge in [0.25, 0.3) is 0 Å². The van der Waals surface area contributed by atoms with Gasteiger partial charge in [0.1, 0.15) is 5.75 Å². The molecule has 0 aromatic heterocycles. The van der Waals surface area contributed by atoms with Crippen molar-refractivity contribution in [3.63, 3.8) is 0 Å². The van der Waals surface area contributed by atoms with Crippen LogP contribution in [0.15, 0.2) is 65.7 Å². The van der Waals surface area contributed by atoms with Gasteiger partial charge in [-0.25, -0.2) is 0 Å². The van der Waals surface area contributed by atoms with E-state index < -0.39 is 0 Å². The van der Waals surface area contributed by atoms with E-state index in [9.17, 15) is 0 Å². The molecular weight excluding hydrogens is 350 g/mol. The van der Waals surface area contributed by atoms with Gasteiger partial charge in [0, 0.05) is 38.8 Å². The molecule has 0 spiro atoms. The second kappa shape index (κ2) is 10.7. The number of guanidine groups is 1. The molecule has 0 bridgehead atoms. The molecule has 0 unspecified atom stereocenters. The summed E-state index contributed by atoms with van der Waals surface area (Å²) < 4.78 is 11.4. The van der Waals surface area contributed by atoms with Crippen LogP contribution in [0.25, 0.3) is 0 Å². The summed E-state index contributed by atoms with van der Waals surface area (Å²) in [6.07, 6.45) is 2.95. The Morgan fingerprint density at radius 3 is 2.36 bits per heavy atom. The van der Waals surface area contributed by atoms with Crippen molar-refractivity contribution >= 4 is 5.96 Å². The summed E-state index contributed by atoms with van der Waals surface area (Å²) in [5.74, 6) is 1.75. The maximum Gasteiger partial charge on any atom is 0.191 e. The number of rotatable bonds is 8. The Balaban J connectivity index is 1.45. The fraction of sp³-hybridized carbons (Fsp3) is 0.435. The van der Waals surface area contributed by atoms with Crippen molar-refractivity contribution in [3.05, 3.63) is 66.2 Å². The van der Waals surface area contributed by atoms with Crippen LogP contribution in [0.4, 0.5) is 0 Å². The largest absolute Gasteiger partial charge is 0.494 e. The highest BCUT2D eigenvalue weighted by atomic mass is 16.5. The van der Waals surface area contributed by atoms with Gasteiger partial charge in [-0.1, -0.05) is 48.5 Å². The average molecular weight is 382 g/mol. The normalized spacial score (nSPS) is 16.4. The van der Waals surface area contributed by atoms with E-state index in [0.717, 1.165) is 57.3 Å². The maximum atomic E-state index is 5.74. The van der Waals surface area contributed by atoms with E-state index in [1.165, 1.54) is 5.56 Å². The molecule has 2 aromatic carbocycles. The maximum absolute atomic E-state index is 5.74. The molecule has 1 fully saturated rings. The first-order chi connectivity index (χ1) is 13.8. The Morgan fingerprint density at radius 1 is 1.00 bits per heavy atom. The molecule has 1 saturated heterocycles. The smallest absolute Gasteiger partial charge is 0.191 e. The van der Waals surface area contributed by atoms with Gasteiger partial charge in [-0.3, -0.25) is 4.99 Å². The predicted molar refractivity (Wildman–Crippen MR) is 114 cm³/mol. The van der Waals surface area contributed by atoms with Gasteiger partial charge in [-0.05, 0) is 37.0 Å². The van der Waals surface area contributed by atoms with E-state index in [2.05, 4.69) is 46.0 Å². The lowest BCUT2D eigenvalue weighted by molar-refractivity contribution is 0.0514. The summed E-state index contributed by atoms with van der Waals surface area (Å²) in [6.45, 7) is 3.95. The molecule has 2 aromatic rings. The molecule has 0 aliphatic carbocycles. The fourth-order valence-electron chi connectivity index (χ4n) is 3.58. The van der Waals surface area contributed by atoms with Gasteiger partial charge < -0.3 is 20.1 Å². The van der Waals surface area contributed by atoms with Crippen molar-refractivity contribution in [1.29, 1.82) is 0 Å². The molecule has 0 saturated carbocycles. The van der Waals surface area contributed by atoms with Crippen LogP contribution in [0, 0.1) is 0 Å². The summed E-state index contributed by atoms with van der Waals surface area (Å²) in [6, 6.07) is 20.7. The highest BCUT2D eigenvalue weighted by Crippen LogP contribution is 2.34. The summed E-state index contributed by atoms with van der Waals surface area (Å²) in [5, 5.41) is 6.92. The van der Waals surface area contributed by atoms with Gasteiger partial charge in [0.15, 0.2) is 5.96 Å². The van der Waals surface area contributed by atoms with Gasteiger partial charge in [-0.15, -0.1) is 0 Å². The van der Waals surface area contributed by atoms with E-state index in [1.54, 1.807) is 0 Å². The number of hydrogen-bond donors (Lipinski definition) is 2. The minimum absolute atomic E-state index is 0.0908. The predicted octanol–water partition coefficient (Wildman–Crippen LogP) is 3.37. The molecule has 1 heterocycles. The molecule has 1 aliphatic rings. The molecule has 0 atom stereocenters. The average Bonchev–Trinajstić information content (AvgIpc) is 2.77. The molecular formula is C23H31N3O2. The quantitative estimate of drug-likeness (QED) is 0.418. The van der Waals surface area contributed by atoms with E-state index in [1.807, 2.05) is 37.4 Å². The van der Waals surface area contributed by atoms with Crippen LogP contribution in [0.3, 0.4) is 0 Å².